The van der Waals surface area contributed by atoms with Gasteiger partial charge >= 0.3 is 0 Å². The number of rotatable bonds is 3. The molecule has 0 radical (unpaired) electrons. The fourth-order valence-corrected chi connectivity index (χ4v) is 2.88. The van der Waals surface area contributed by atoms with Crippen molar-refractivity contribution in [2.24, 2.45) is 11.3 Å². The van der Waals surface area contributed by atoms with Gasteiger partial charge in [0, 0.05) is 12.1 Å². The van der Waals surface area contributed by atoms with Crippen LogP contribution >= 0.6 is 0 Å². The Balaban J connectivity index is 2.48. The molecule has 100 valence electrons. The molecule has 17 heavy (non-hydrogen) atoms. The SMILES string of the molecule is CC(C)(C)CC(C)(C)NC(=O)[C@H]1CCCNC1. The zero-order valence-corrected chi connectivity index (χ0v) is 12.0. The second-order valence-electron chi connectivity index (χ2n) is 7.15. The summed E-state index contributed by atoms with van der Waals surface area (Å²) in [5.74, 6) is 0.370. The minimum atomic E-state index is -0.118. The molecule has 1 rings (SSSR count). The number of hydrogen-bond donors (Lipinski definition) is 2. The van der Waals surface area contributed by atoms with Crippen molar-refractivity contribution in [1.82, 2.24) is 10.6 Å². The highest BCUT2D eigenvalue weighted by atomic mass is 16.2. The summed E-state index contributed by atoms with van der Waals surface area (Å²) >= 11 is 0. The van der Waals surface area contributed by atoms with Gasteiger partial charge in [-0.2, -0.15) is 0 Å². The molecule has 0 saturated carbocycles. The van der Waals surface area contributed by atoms with Crippen LogP contribution in [0.4, 0.5) is 0 Å². The molecule has 0 bridgehead atoms. The van der Waals surface area contributed by atoms with Crippen molar-refractivity contribution in [3.05, 3.63) is 0 Å². The Bertz CT molecular complexity index is 260. The van der Waals surface area contributed by atoms with Crippen LogP contribution in [0.3, 0.4) is 0 Å². The van der Waals surface area contributed by atoms with E-state index in [0.29, 0.717) is 0 Å². The predicted molar refractivity (Wildman–Crippen MR) is 71.9 cm³/mol. The van der Waals surface area contributed by atoms with Crippen LogP contribution in [0.2, 0.25) is 0 Å². The lowest BCUT2D eigenvalue weighted by Gasteiger charge is -2.35. The highest BCUT2D eigenvalue weighted by molar-refractivity contribution is 5.79. The first-order valence-electron chi connectivity index (χ1n) is 6.72. The summed E-state index contributed by atoms with van der Waals surface area (Å²) in [4.78, 5) is 12.1. The number of amides is 1. The van der Waals surface area contributed by atoms with Crippen molar-refractivity contribution in [1.29, 1.82) is 0 Å². The zero-order valence-electron chi connectivity index (χ0n) is 12.0. The molecule has 0 aromatic rings. The molecular formula is C14H28N2O. The Morgan fingerprint density at radius 1 is 1.29 bits per heavy atom. The second kappa shape index (κ2) is 5.38. The number of piperidine rings is 1. The van der Waals surface area contributed by atoms with Gasteiger partial charge in [0.1, 0.15) is 0 Å². The van der Waals surface area contributed by atoms with E-state index in [1.165, 1.54) is 0 Å². The van der Waals surface area contributed by atoms with Gasteiger partial charge in [0.25, 0.3) is 0 Å². The van der Waals surface area contributed by atoms with Crippen molar-refractivity contribution in [2.45, 2.75) is 59.4 Å². The van der Waals surface area contributed by atoms with Crippen molar-refractivity contribution in [3.8, 4) is 0 Å². The van der Waals surface area contributed by atoms with Crippen LogP contribution in [-0.4, -0.2) is 24.5 Å². The maximum atomic E-state index is 12.1. The molecule has 1 heterocycles. The van der Waals surface area contributed by atoms with Crippen molar-refractivity contribution < 1.29 is 4.79 Å². The lowest BCUT2D eigenvalue weighted by atomic mass is 9.81. The smallest absolute Gasteiger partial charge is 0.224 e. The van der Waals surface area contributed by atoms with E-state index in [1.54, 1.807) is 0 Å². The van der Waals surface area contributed by atoms with E-state index in [2.05, 4.69) is 45.3 Å². The molecule has 0 aromatic heterocycles. The monoisotopic (exact) mass is 240 g/mol. The standard InChI is InChI=1S/C14H28N2O/c1-13(2,3)10-14(4,5)16-12(17)11-7-6-8-15-9-11/h11,15H,6-10H2,1-5H3,(H,16,17)/t11-/m0/s1. The highest BCUT2D eigenvalue weighted by Gasteiger charge is 2.30. The highest BCUT2D eigenvalue weighted by Crippen LogP contribution is 2.27. The Morgan fingerprint density at radius 3 is 2.41 bits per heavy atom. The fourth-order valence-electron chi connectivity index (χ4n) is 2.88. The lowest BCUT2D eigenvalue weighted by Crippen LogP contribution is -2.50. The summed E-state index contributed by atoms with van der Waals surface area (Å²) < 4.78 is 0. The van der Waals surface area contributed by atoms with E-state index in [0.717, 1.165) is 32.4 Å². The molecule has 1 aliphatic rings. The minimum Gasteiger partial charge on any atom is -0.351 e. The quantitative estimate of drug-likeness (QED) is 0.795. The van der Waals surface area contributed by atoms with E-state index in [-0.39, 0.29) is 22.8 Å². The second-order valence-corrected chi connectivity index (χ2v) is 7.15. The van der Waals surface area contributed by atoms with Gasteiger partial charge in [-0.15, -0.1) is 0 Å². The number of hydrogen-bond acceptors (Lipinski definition) is 2. The van der Waals surface area contributed by atoms with E-state index in [9.17, 15) is 4.79 Å². The topological polar surface area (TPSA) is 41.1 Å². The van der Waals surface area contributed by atoms with Crippen molar-refractivity contribution >= 4 is 5.91 Å². The molecule has 2 N–H and O–H groups in total. The zero-order chi connectivity index (χ0) is 13.1. The predicted octanol–water partition coefficient (Wildman–Crippen LogP) is 2.32. The van der Waals surface area contributed by atoms with E-state index in [1.807, 2.05) is 0 Å². The Kier molecular flexibility index (Phi) is 4.59. The van der Waals surface area contributed by atoms with Crippen molar-refractivity contribution in [2.75, 3.05) is 13.1 Å². The fraction of sp³-hybridized carbons (Fsp3) is 0.929. The van der Waals surface area contributed by atoms with E-state index < -0.39 is 0 Å². The maximum Gasteiger partial charge on any atom is 0.224 e. The number of nitrogens with one attached hydrogen (secondary N) is 2. The molecule has 0 aromatic carbocycles. The van der Waals surface area contributed by atoms with Gasteiger partial charge in [-0.1, -0.05) is 20.8 Å². The van der Waals surface area contributed by atoms with Crippen LogP contribution in [0.15, 0.2) is 0 Å². The molecule has 1 aliphatic heterocycles. The molecule has 1 saturated heterocycles. The molecule has 1 amide bonds. The van der Waals surface area contributed by atoms with Gasteiger partial charge in [0.05, 0.1) is 5.92 Å². The van der Waals surface area contributed by atoms with Crippen LogP contribution < -0.4 is 10.6 Å². The van der Waals surface area contributed by atoms with Gasteiger partial charge in [-0.3, -0.25) is 4.79 Å². The summed E-state index contributed by atoms with van der Waals surface area (Å²) in [6.07, 6.45) is 3.12. The van der Waals surface area contributed by atoms with Crippen LogP contribution in [0.1, 0.15) is 53.9 Å². The van der Waals surface area contributed by atoms with Gasteiger partial charge in [0.15, 0.2) is 0 Å². The Hall–Kier alpha value is -0.570. The van der Waals surface area contributed by atoms with Crippen LogP contribution in [0.25, 0.3) is 0 Å². The lowest BCUT2D eigenvalue weighted by molar-refractivity contribution is -0.127. The largest absolute Gasteiger partial charge is 0.351 e. The molecule has 1 atom stereocenters. The van der Waals surface area contributed by atoms with E-state index in [4.69, 9.17) is 0 Å². The molecule has 0 unspecified atom stereocenters. The number of carbonyl (C=O) groups is 1. The summed E-state index contributed by atoms with van der Waals surface area (Å²) in [6, 6.07) is 0. The normalized spacial score (nSPS) is 22.3. The third kappa shape index (κ3) is 5.53. The average Bonchev–Trinajstić information content (AvgIpc) is 2.14. The van der Waals surface area contributed by atoms with Crippen molar-refractivity contribution in [3.63, 3.8) is 0 Å². The van der Waals surface area contributed by atoms with Crippen LogP contribution in [0.5, 0.6) is 0 Å². The summed E-state index contributed by atoms with van der Waals surface area (Å²) in [6.45, 7) is 12.8. The van der Waals surface area contributed by atoms with Gasteiger partial charge < -0.3 is 10.6 Å². The maximum absolute atomic E-state index is 12.1. The van der Waals surface area contributed by atoms with Gasteiger partial charge in [0.2, 0.25) is 5.91 Å². The first-order valence-corrected chi connectivity index (χ1v) is 6.72. The average molecular weight is 240 g/mol. The summed E-state index contributed by atoms with van der Waals surface area (Å²) in [5, 5.41) is 6.49. The Morgan fingerprint density at radius 2 is 1.94 bits per heavy atom. The molecular weight excluding hydrogens is 212 g/mol. The molecule has 3 heteroatoms. The molecule has 0 aliphatic carbocycles. The summed E-state index contributed by atoms with van der Waals surface area (Å²) in [5.41, 5.74) is 0.119. The van der Waals surface area contributed by atoms with Gasteiger partial charge in [-0.05, 0) is 45.1 Å². The third-order valence-corrected chi connectivity index (χ3v) is 3.10. The minimum absolute atomic E-state index is 0.118. The molecule has 0 spiro atoms. The summed E-state index contributed by atoms with van der Waals surface area (Å²) in [7, 11) is 0. The number of carbonyl (C=O) groups excluding carboxylic acids is 1. The Labute approximate surface area is 106 Å². The van der Waals surface area contributed by atoms with Crippen LogP contribution in [-0.2, 0) is 4.79 Å². The first kappa shape index (κ1) is 14.5. The molecule has 1 fully saturated rings. The third-order valence-electron chi connectivity index (χ3n) is 3.10. The molecule has 3 nitrogen and oxygen atoms in total. The van der Waals surface area contributed by atoms with Gasteiger partial charge in [-0.25, -0.2) is 0 Å². The first-order chi connectivity index (χ1) is 7.70. The van der Waals surface area contributed by atoms with E-state index >= 15 is 0 Å². The van der Waals surface area contributed by atoms with Crippen LogP contribution in [0, 0.1) is 11.3 Å².